The molecule has 10 heteroatoms. The van der Waals surface area contributed by atoms with Crippen molar-refractivity contribution in [1.29, 1.82) is 0 Å². The number of fused-ring (bicyclic) bond motifs is 1. The van der Waals surface area contributed by atoms with Gasteiger partial charge in [0.15, 0.2) is 12.4 Å². The number of benzene rings is 2. The highest BCUT2D eigenvalue weighted by Gasteiger charge is 2.29. The average molecular weight is 442 g/mol. The van der Waals surface area contributed by atoms with Gasteiger partial charge in [0.2, 0.25) is 5.89 Å². The quantitative estimate of drug-likeness (QED) is 0.623. The highest BCUT2D eigenvalue weighted by molar-refractivity contribution is 7.92. The van der Waals surface area contributed by atoms with Crippen LogP contribution in [-0.4, -0.2) is 31.1 Å². The number of aromatic nitrogens is 2. The Morgan fingerprint density at radius 2 is 1.90 bits per heavy atom. The van der Waals surface area contributed by atoms with Gasteiger partial charge in [-0.15, -0.1) is 0 Å². The van der Waals surface area contributed by atoms with Crippen LogP contribution >= 0.6 is 0 Å². The smallest absolute Gasteiger partial charge is 0.265 e. The number of nitrogens with one attached hydrogen (secondary N) is 1. The molecule has 162 valence electrons. The summed E-state index contributed by atoms with van der Waals surface area (Å²) >= 11 is 0. The fourth-order valence-electron chi connectivity index (χ4n) is 3.22. The Balaban J connectivity index is 1.63. The number of sulfonamides is 1. The molecule has 9 nitrogen and oxygen atoms in total. The fraction of sp³-hybridized carbons (Fsp3) is 0.286. The third-order valence-electron chi connectivity index (χ3n) is 4.88. The van der Waals surface area contributed by atoms with Crippen molar-refractivity contribution in [2.24, 2.45) is 0 Å². The zero-order valence-electron chi connectivity index (χ0n) is 17.3. The van der Waals surface area contributed by atoms with Gasteiger partial charge < -0.3 is 9.26 Å². The average Bonchev–Trinajstić information content (AvgIpc) is 3.14. The van der Waals surface area contributed by atoms with Gasteiger partial charge in [0.25, 0.3) is 15.9 Å². The number of anilines is 2. The van der Waals surface area contributed by atoms with Crippen LogP contribution in [0.5, 0.6) is 5.75 Å². The number of hydrogen-bond donors (Lipinski definition) is 1. The molecule has 4 rings (SSSR count). The molecule has 0 fully saturated rings. The first-order valence-corrected chi connectivity index (χ1v) is 11.2. The standard InChI is InChI=1S/C21H22N4O5S/c1-13(2)15-4-6-16(7-5-15)24-31(27,28)17-8-9-19-18(10-17)25(21(26)12-29-19)11-20-22-14(3)30-23-20/h4-10,13,24H,11-12H2,1-3H3. The fourth-order valence-corrected chi connectivity index (χ4v) is 4.30. The van der Waals surface area contributed by atoms with Gasteiger partial charge in [-0.3, -0.25) is 14.4 Å². The highest BCUT2D eigenvalue weighted by atomic mass is 32.2. The second kappa shape index (κ2) is 8.03. The molecule has 1 aromatic heterocycles. The van der Waals surface area contributed by atoms with Crippen LogP contribution in [0.15, 0.2) is 51.9 Å². The first kappa shape index (κ1) is 20.9. The van der Waals surface area contributed by atoms with Gasteiger partial charge in [-0.05, 0) is 41.8 Å². The number of nitrogens with zero attached hydrogens (tertiary/aromatic N) is 3. The van der Waals surface area contributed by atoms with Crippen molar-refractivity contribution < 1.29 is 22.5 Å². The van der Waals surface area contributed by atoms with Crippen LogP contribution in [0, 0.1) is 6.92 Å². The lowest BCUT2D eigenvalue weighted by atomic mass is 10.0. The number of ether oxygens (including phenoxy) is 1. The number of carbonyl (C=O) groups is 1. The predicted molar refractivity (Wildman–Crippen MR) is 114 cm³/mol. The monoisotopic (exact) mass is 442 g/mol. The minimum absolute atomic E-state index is 0.00628. The minimum Gasteiger partial charge on any atom is -0.482 e. The lowest BCUT2D eigenvalue weighted by Crippen LogP contribution is -2.38. The number of rotatable bonds is 6. The first-order chi connectivity index (χ1) is 14.7. The first-order valence-electron chi connectivity index (χ1n) is 9.72. The molecule has 1 N–H and O–H groups in total. The maximum atomic E-state index is 13.0. The van der Waals surface area contributed by atoms with E-state index in [1.165, 1.54) is 23.1 Å². The van der Waals surface area contributed by atoms with E-state index in [1.807, 2.05) is 12.1 Å². The van der Waals surface area contributed by atoms with Crippen molar-refractivity contribution in [3.8, 4) is 5.75 Å². The van der Waals surface area contributed by atoms with Crippen LogP contribution in [0.1, 0.15) is 37.0 Å². The zero-order chi connectivity index (χ0) is 22.2. The summed E-state index contributed by atoms with van der Waals surface area (Å²) in [6.45, 7) is 5.67. The van der Waals surface area contributed by atoms with Crippen LogP contribution in [0.4, 0.5) is 11.4 Å². The highest BCUT2D eigenvalue weighted by Crippen LogP contribution is 2.35. The normalized spacial score (nSPS) is 13.8. The van der Waals surface area contributed by atoms with Gasteiger partial charge in [0.1, 0.15) is 5.75 Å². The second-order valence-electron chi connectivity index (χ2n) is 7.51. The lowest BCUT2D eigenvalue weighted by molar-refractivity contribution is -0.121. The molecule has 3 aromatic rings. The van der Waals surface area contributed by atoms with Crippen LogP contribution in [-0.2, 0) is 21.4 Å². The molecule has 0 saturated heterocycles. The molecular weight excluding hydrogens is 420 g/mol. The van der Waals surface area contributed by atoms with E-state index in [0.29, 0.717) is 34.8 Å². The third-order valence-corrected chi connectivity index (χ3v) is 6.26. The van der Waals surface area contributed by atoms with Crippen LogP contribution in [0.2, 0.25) is 0 Å². The molecule has 0 bridgehead atoms. The van der Waals surface area contributed by atoms with Gasteiger partial charge in [-0.25, -0.2) is 8.42 Å². The van der Waals surface area contributed by atoms with Crippen molar-refractivity contribution in [3.63, 3.8) is 0 Å². The summed E-state index contributed by atoms with van der Waals surface area (Å²) in [5.41, 5.74) is 1.89. The molecule has 1 aliphatic rings. The Kier molecular flexibility index (Phi) is 5.40. The molecule has 0 unspecified atom stereocenters. The Hall–Kier alpha value is -3.40. The predicted octanol–water partition coefficient (Wildman–Crippen LogP) is 3.23. The van der Waals surface area contributed by atoms with Gasteiger partial charge in [0.05, 0.1) is 17.1 Å². The van der Waals surface area contributed by atoms with Crippen LogP contribution in [0.25, 0.3) is 0 Å². The zero-order valence-corrected chi connectivity index (χ0v) is 18.1. The van der Waals surface area contributed by atoms with Crippen molar-refractivity contribution >= 4 is 27.3 Å². The summed E-state index contributed by atoms with van der Waals surface area (Å²) in [4.78, 5) is 18.0. The van der Waals surface area contributed by atoms with E-state index in [0.717, 1.165) is 5.56 Å². The number of hydrogen-bond acceptors (Lipinski definition) is 7. The molecule has 1 amide bonds. The second-order valence-corrected chi connectivity index (χ2v) is 9.19. The Morgan fingerprint density at radius 1 is 1.16 bits per heavy atom. The topological polar surface area (TPSA) is 115 Å². The molecular formula is C21H22N4O5S. The summed E-state index contributed by atoms with van der Waals surface area (Å²) in [6, 6.07) is 11.6. The van der Waals surface area contributed by atoms with Crippen LogP contribution < -0.4 is 14.4 Å². The molecule has 2 aromatic carbocycles. The molecule has 31 heavy (non-hydrogen) atoms. The Bertz CT molecular complexity index is 1220. The van der Waals surface area contributed by atoms with Gasteiger partial charge in [-0.1, -0.05) is 31.1 Å². The Morgan fingerprint density at radius 3 is 2.55 bits per heavy atom. The maximum absolute atomic E-state index is 13.0. The van der Waals surface area contributed by atoms with E-state index >= 15 is 0 Å². The van der Waals surface area contributed by atoms with Crippen molar-refractivity contribution in [1.82, 2.24) is 10.1 Å². The molecule has 1 aliphatic heterocycles. The lowest BCUT2D eigenvalue weighted by Gasteiger charge is -2.28. The summed E-state index contributed by atoms with van der Waals surface area (Å²) < 4.78 is 38.9. The van der Waals surface area contributed by atoms with Gasteiger partial charge >= 0.3 is 0 Å². The largest absolute Gasteiger partial charge is 0.482 e. The molecule has 0 atom stereocenters. The van der Waals surface area contributed by atoms with E-state index in [1.54, 1.807) is 19.1 Å². The minimum atomic E-state index is -3.88. The SMILES string of the molecule is Cc1nc(CN2C(=O)COc3ccc(S(=O)(=O)Nc4ccc(C(C)C)cc4)cc32)no1. The van der Waals surface area contributed by atoms with Gasteiger partial charge in [-0.2, -0.15) is 4.98 Å². The molecule has 0 spiro atoms. The van der Waals surface area contributed by atoms with E-state index in [9.17, 15) is 13.2 Å². The van der Waals surface area contributed by atoms with E-state index in [4.69, 9.17) is 9.26 Å². The number of carbonyl (C=O) groups excluding carboxylic acids is 1. The van der Waals surface area contributed by atoms with E-state index in [-0.39, 0.29) is 24.0 Å². The van der Waals surface area contributed by atoms with E-state index < -0.39 is 10.0 Å². The number of amides is 1. The summed E-state index contributed by atoms with van der Waals surface area (Å²) in [7, 11) is -3.88. The van der Waals surface area contributed by atoms with E-state index in [2.05, 4.69) is 28.7 Å². The molecule has 0 saturated carbocycles. The summed E-state index contributed by atoms with van der Waals surface area (Å²) in [5.74, 6) is 1.11. The maximum Gasteiger partial charge on any atom is 0.265 e. The summed E-state index contributed by atoms with van der Waals surface area (Å²) in [5, 5.41) is 3.81. The number of aryl methyl sites for hydroxylation is 1. The third kappa shape index (κ3) is 4.38. The molecule has 2 heterocycles. The Labute approximate surface area is 180 Å². The molecule has 0 radical (unpaired) electrons. The van der Waals surface area contributed by atoms with Crippen molar-refractivity contribution in [3.05, 3.63) is 59.7 Å². The van der Waals surface area contributed by atoms with Crippen molar-refractivity contribution in [2.45, 2.75) is 38.1 Å². The molecule has 0 aliphatic carbocycles. The summed E-state index contributed by atoms with van der Waals surface area (Å²) in [6.07, 6.45) is 0. The van der Waals surface area contributed by atoms with Crippen molar-refractivity contribution in [2.75, 3.05) is 16.2 Å². The van der Waals surface area contributed by atoms with Crippen LogP contribution in [0.3, 0.4) is 0 Å². The van der Waals surface area contributed by atoms with Gasteiger partial charge in [0, 0.05) is 12.6 Å².